The minimum absolute atomic E-state index is 0.327. The van der Waals surface area contributed by atoms with Crippen LogP contribution in [0.5, 0.6) is 0 Å². The number of primary amides is 1. The number of carbonyl (C=O) groups is 1. The molecule has 0 fully saturated rings. The quantitative estimate of drug-likeness (QED) is 0.801. The summed E-state index contributed by atoms with van der Waals surface area (Å²) in [6, 6.07) is 7.70. The van der Waals surface area contributed by atoms with Crippen LogP contribution < -0.4 is 5.73 Å². The molecule has 1 heterocycles. The van der Waals surface area contributed by atoms with Crippen molar-refractivity contribution in [3.05, 3.63) is 41.1 Å². The van der Waals surface area contributed by atoms with Crippen molar-refractivity contribution in [2.24, 2.45) is 5.73 Å². The molecule has 0 radical (unpaired) electrons. The predicted molar refractivity (Wildman–Crippen MR) is 62.0 cm³/mol. The van der Waals surface area contributed by atoms with Gasteiger partial charge in [-0.2, -0.15) is 5.10 Å². The molecule has 3 N–H and O–H groups in total. The molecule has 4 heteroatoms. The highest BCUT2D eigenvalue weighted by atomic mass is 16.1. The van der Waals surface area contributed by atoms with Crippen molar-refractivity contribution in [3.63, 3.8) is 0 Å². The number of nitrogens with zero attached hydrogens (tertiary/aromatic N) is 1. The molecule has 16 heavy (non-hydrogen) atoms. The van der Waals surface area contributed by atoms with Crippen molar-refractivity contribution < 1.29 is 4.79 Å². The molecule has 0 atom stereocenters. The van der Waals surface area contributed by atoms with Gasteiger partial charge < -0.3 is 5.73 Å². The lowest BCUT2D eigenvalue weighted by atomic mass is 10.0. The third kappa shape index (κ3) is 1.82. The summed E-state index contributed by atoms with van der Waals surface area (Å²) in [4.78, 5) is 10.9. The van der Waals surface area contributed by atoms with Gasteiger partial charge >= 0.3 is 0 Å². The van der Waals surface area contributed by atoms with Gasteiger partial charge in [-0.15, -0.1) is 0 Å². The maximum Gasteiger partial charge on any atom is 0.266 e. The van der Waals surface area contributed by atoms with Gasteiger partial charge in [0.2, 0.25) is 0 Å². The fraction of sp³-hybridized carbons (Fsp3) is 0.167. The summed E-state index contributed by atoms with van der Waals surface area (Å²) in [5, 5.41) is 6.67. The third-order valence-electron chi connectivity index (χ3n) is 2.65. The number of aromatic amines is 1. The molecule has 82 valence electrons. The smallest absolute Gasteiger partial charge is 0.266 e. The SMILES string of the molecule is Cc1ccc(-c2cc(C(N)=O)[nH]n2)cc1C. The van der Waals surface area contributed by atoms with Crippen LogP contribution in [0.15, 0.2) is 24.3 Å². The minimum atomic E-state index is -0.498. The van der Waals surface area contributed by atoms with Gasteiger partial charge in [0, 0.05) is 5.56 Å². The molecule has 1 aromatic heterocycles. The molecule has 0 bridgehead atoms. The molecule has 2 rings (SSSR count). The van der Waals surface area contributed by atoms with E-state index in [1.54, 1.807) is 6.07 Å². The average molecular weight is 215 g/mol. The van der Waals surface area contributed by atoms with Crippen LogP contribution in [0.4, 0.5) is 0 Å². The Labute approximate surface area is 93.5 Å². The first-order valence-electron chi connectivity index (χ1n) is 5.01. The first kappa shape index (κ1) is 10.4. The Morgan fingerprint density at radius 2 is 2.00 bits per heavy atom. The Bertz CT molecular complexity index is 543. The molecule has 0 spiro atoms. The van der Waals surface area contributed by atoms with Crippen molar-refractivity contribution in [1.29, 1.82) is 0 Å². The summed E-state index contributed by atoms with van der Waals surface area (Å²) in [6.07, 6.45) is 0. The van der Waals surface area contributed by atoms with Crippen LogP contribution >= 0.6 is 0 Å². The van der Waals surface area contributed by atoms with E-state index >= 15 is 0 Å². The number of hydrogen-bond acceptors (Lipinski definition) is 2. The van der Waals surface area contributed by atoms with E-state index in [1.165, 1.54) is 11.1 Å². The zero-order valence-corrected chi connectivity index (χ0v) is 9.24. The highest BCUT2D eigenvalue weighted by Crippen LogP contribution is 2.20. The molecule has 4 nitrogen and oxygen atoms in total. The predicted octanol–water partition coefficient (Wildman–Crippen LogP) is 1.79. The van der Waals surface area contributed by atoms with Crippen LogP contribution in [0.1, 0.15) is 21.6 Å². The normalized spacial score (nSPS) is 10.4. The van der Waals surface area contributed by atoms with Crippen LogP contribution in [0.2, 0.25) is 0 Å². The Kier molecular flexibility index (Phi) is 2.48. The van der Waals surface area contributed by atoms with E-state index in [4.69, 9.17) is 5.73 Å². The second kappa shape index (κ2) is 3.81. The van der Waals surface area contributed by atoms with Crippen molar-refractivity contribution >= 4 is 5.91 Å². The molecule has 1 aromatic carbocycles. The van der Waals surface area contributed by atoms with E-state index in [2.05, 4.69) is 17.1 Å². The van der Waals surface area contributed by atoms with Gasteiger partial charge in [-0.3, -0.25) is 9.89 Å². The van der Waals surface area contributed by atoms with E-state index in [1.807, 2.05) is 25.1 Å². The summed E-state index contributed by atoms with van der Waals surface area (Å²) in [5.41, 5.74) is 9.61. The van der Waals surface area contributed by atoms with Crippen LogP contribution in [0.25, 0.3) is 11.3 Å². The lowest BCUT2D eigenvalue weighted by Gasteiger charge is -2.01. The van der Waals surface area contributed by atoms with Gasteiger partial charge in [0.05, 0.1) is 5.69 Å². The zero-order chi connectivity index (χ0) is 11.7. The van der Waals surface area contributed by atoms with Crippen LogP contribution in [0.3, 0.4) is 0 Å². The first-order valence-corrected chi connectivity index (χ1v) is 5.01. The molecule has 2 aromatic rings. The summed E-state index contributed by atoms with van der Waals surface area (Å²) in [5.74, 6) is -0.498. The van der Waals surface area contributed by atoms with Crippen molar-refractivity contribution in [1.82, 2.24) is 10.2 Å². The van der Waals surface area contributed by atoms with Crippen molar-refractivity contribution in [3.8, 4) is 11.3 Å². The molecule has 1 amide bonds. The van der Waals surface area contributed by atoms with Gasteiger partial charge in [0.1, 0.15) is 5.69 Å². The summed E-state index contributed by atoms with van der Waals surface area (Å²) in [6.45, 7) is 4.10. The van der Waals surface area contributed by atoms with E-state index < -0.39 is 5.91 Å². The number of aromatic nitrogens is 2. The highest BCUT2D eigenvalue weighted by molar-refractivity contribution is 5.91. The van der Waals surface area contributed by atoms with E-state index in [0.717, 1.165) is 11.3 Å². The molecular formula is C12H13N3O. The number of hydrogen-bond donors (Lipinski definition) is 2. The number of benzene rings is 1. The van der Waals surface area contributed by atoms with E-state index in [9.17, 15) is 4.79 Å². The van der Waals surface area contributed by atoms with E-state index in [-0.39, 0.29) is 0 Å². The summed E-state index contributed by atoms with van der Waals surface area (Å²) >= 11 is 0. The number of amides is 1. The first-order chi connectivity index (χ1) is 7.58. The van der Waals surface area contributed by atoms with Crippen LogP contribution in [-0.4, -0.2) is 16.1 Å². The zero-order valence-electron chi connectivity index (χ0n) is 9.24. The van der Waals surface area contributed by atoms with Crippen molar-refractivity contribution in [2.75, 3.05) is 0 Å². The Hall–Kier alpha value is -2.10. The second-order valence-electron chi connectivity index (χ2n) is 3.83. The molecule has 0 aliphatic heterocycles. The van der Waals surface area contributed by atoms with Crippen molar-refractivity contribution in [2.45, 2.75) is 13.8 Å². The third-order valence-corrected chi connectivity index (χ3v) is 2.65. The fourth-order valence-electron chi connectivity index (χ4n) is 1.50. The largest absolute Gasteiger partial charge is 0.364 e. The maximum atomic E-state index is 10.9. The molecule has 0 saturated heterocycles. The van der Waals surface area contributed by atoms with Gasteiger partial charge in [-0.1, -0.05) is 12.1 Å². The molecular weight excluding hydrogens is 202 g/mol. The van der Waals surface area contributed by atoms with E-state index in [0.29, 0.717) is 5.69 Å². The number of rotatable bonds is 2. The Balaban J connectivity index is 2.42. The molecule has 0 aliphatic rings. The van der Waals surface area contributed by atoms with Gasteiger partial charge in [0.15, 0.2) is 0 Å². The van der Waals surface area contributed by atoms with Gasteiger partial charge in [0.25, 0.3) is 5.91 Å². The maximum absolute atomic E-state index is 10.9. The standard InChI is InChI=1S/C12H13N3O/c1-7-3-4-9(5-8(7)2)10-6-11(12(13)16)15-14-10/h3-6H,1-2H3,(H2,13,16)(H,14,15). The van der Waals surface area contributed by atoms with Crippen LogP contribution in [-0.2, 0) is 0 Å². The monoisotopic (exact) mass is 215 g/mol. The lowest BCUT2D eigenvalue weighted by molar-refractivity contribution is 0.0995. The molecule has 0 aliphatic carbocycles. The number of nitrogens with two attached hydrogens (primary N) is 1. The minimum Gasteiger partial charge on any atom is -0.364 e. The average Bonchev–Trinajstić information content (AvgIpc) is 2.71. The lowest BCUT2D eigenvalue weighted by Crippen LogP contribution is -2.10. The Morgan fingerprint density at radius 1 is 1.25 bits per heavy atom. The number of carbonyl (C=O) groups excluding carboxylic acids is 1. The fourth-order valence-corrected chi connectivity index (χ4v) is 1.50. The molecule has 0 unspecified atom stereocenters. The number of H-pyrrole nitrogens is 1. The van der Waals surface area contributed by atoms with Gasteiger partial charge in [-0.25, -0.2) is 0 Å². The van der Waals surface area contributed by atoms with Crippen LogP contribution in [0, 0.1) is 13.8 Å². The highest BCUT2D eigenvalue weighted by Gasteiger charge is 2.07. The summed E-state index contributed by atoms with van der Waals surface area (Å²) < 4.78 is 0. The topological polar surface area (TPSA) is 71.8 Å². The summed E-state index contributed by atoms with van der Waals surface area (Å²) in [7, 11) is 0. The number of nitrogens with one attached hydrogen (secondary N) is 1. The number of aryl methyl sites for hydroxylation is 2. The second-order valence-corrected chi connectivity index (χ2v) is 3.83. The molecule has 0 saturated carbocycles. The Morgan fingerprint density at radius 3 is 2.56 bits per heavy atom. The van der Waals surface area contributed by atoms with Gasteiger partial charge in [-0.05, 0) is 37.1 Å².